The molecule has 4 aromatic carbocycles. The van der Waals surface area contributed by atoms with Crippen molar-refractivity contribution in [3.05, 3.63) is 115 Å². The van der Waals surface area contributed by atoms with Gasteiger partial charge in [0.1, 0.15) is 17.2 Å². The first-order valence-corrected chi connectivity index (χ1v) is 13.7. The van der Waals surface area contributed by atoms with Gasteiger partial charge in [0.2, 0.25) is 0 Å². The van der Waals surface area contributed by atoms with Gasteiger partial charge in [0.15, 0.2) is 0 Å². The number of para-hydroxylation sites is 3. The van der Waals surface area contributed by atoms with Gasteiger partial charge in [-0.1, -0.05) is 36.4 Å². The number of hydrogen-bond donors (Lipinski definition) is 2. The summed E-state index contributed by atoms with van der Waals surface area (Å²) in [5, 5.41) is 7.51. The van der Waals surface area contributed by atoms with Crippen LogP contribution in [0.3, 0.4) is 0 Å². The lowest BCUT2D eigenvalue weighted by Gasteiger charge is -2.12. The fraction of sp³-hybridized carbons (Fsp3) is 0.0667. The Morgan fingerprint density at radius 2 is 1.55 bits per heavy atom. The van der Waals surface area contributed by atoms with E-state index in [1.807, 2.05) is 42.5 Å². The van der Waals surface area contributed by atoms with Crippen LogP contribution in [0.2, 0.25) is 0 Å². The van der Waals surface area contributed by atoms with Crippen LogP contribution in [0.15, 0.2) is 114 Å². The maximum atomic E-state index is 13.5. The third-order valence-electron chi connectivity index (χ3n) is 6.10. The van der Waals surface area contributed by atoms with Gasteiger partial charge in [-0.05, 0) is 66.7 Å². The van der Waals surface area contributed by atoms with Crippen LogP contribution in [-0.2, 0) is 10.0 Å². The SMILES string of the molecule is COc1ccc(-c2nn(-c3ccccc3)cc2C(=O)Nc2cccc(S(=O)(=O)Nc3ccccc3OC)c2)cc1. The molecule has 5 aromatic rings. The summed E-state index contributed by atoms with van der Waals surface area (Å²) in [5.74, 6) is 0.620. The molecule has 5 rings (SSSR count). The Balaban J connectivity index is 1.45. The van der Waals surface area contributed by atoms with E-state index < -0.39 is 15.9 Å². The van der Waals surface area contributed by atoms with Gasteiger partial charge in [-0.3, -0.25) is 9.52 Å². The Morgan fingerprint density at radius 1 is 0.825 bits per heavy atom. The van der Waals surface area contributed by atoms with Gasteiger partial charge in [-0.25, -0.2) is 13.1 Å². The number of sulfonamides is 1. The van der Waals surface area contributed by atoms with Crippen molar-refractivity contribution in [3.63, 3.8) is 0 Å². The lowest BCUT2D eigenvalue weighted by molar-refractivity contribution is 0.102. The van der Waals surface area contributed by atoms with Gasteiger partial charge in [0.05, 0.1) is 36.1 Å². The summed E-state index contributed by atoms with van der Waals surface area (Å²) >= 11 is 0. The molecule has 0 saturated heterocycles. The minimum atomic E-state index is -3.97. The Hall–Kier alpha value is -5.09. The number of methoxy groups -OCH3 is 2. The number of aromatic nitrogens is 2. The topological polar surface area (TPSA) is 112 Å². The maximum Gasteiger partial charge on any atom is 0.262 e. The van der Waals surface area contributed by atoms with Crippen LogP contribution in [0.25, 0.3) is 16.9 Å². The lowest BCUT2D eigenvalue weighted by atomic mass is 10.1. The number of amides is 1. The molecule has 2 N–H and O–H groups in total. The zero-order valence-electron chi connectivity index (χ0n) is 21.7. The molecule has 0 aliphatic rings. The highest BCUT2D eigenvalue weighted by atomic mass is 32.2. The average molecular weight is 555 g/mol. The third-order valence-corrected chi connectivity index (χ3v) is 7.46. The molecule has 0 bridgehead atoms. The highest BCUT2D eigenvalue weighted by Crippen LogP contribution is 2.29. The van der Waals surface area contributed by atoms with Gasteiger partial charge in [-0.15, -0.1) is 0 Å². The molecule has 10 heteroatoms. The fourth-order valence-electron chi connectivity index (χ4n) is 4.09. The number of hydrogen-bond acceptors (Lipinski definition) is 6. The number of nitrogens with one attached hydrogen (secondary N) is 2. The number of carbonyl (C=O) groups excluding carboxylic acids is 1. The number of rotatable bonds is 9. The Labute approximate surface area is 232 Å². The van der Waals surface area contributed by atoms with E-state index in [9.17, 15) is 13.2 Å². The lowest BCUT2D eigenvalue weighted by Crippen LogP contribution is -2.15. The first-order valence-electron chi connectivity index (χ1n) is 12.2. The minimum absolute atomic E-state index is 0.0217. The van der Waals surface area contributed by atoms with Crippen LogP contribution < -0.4 is 19.5 Å². The summed E-state index contributed by atoms with van der Waals surface area (Å²) < 4.78 is 40.9. The highest BCUT2D eigenvalue weighted by Gasteiger charge is 2.21. The van der Waals surface area contributed by atoms with Crippen molar-refractivity contribution in [1.82, 2.24) is 9.78 Å². The van der Waals surface area contributed by atoms with E-state index in [1.165, 1.54) is 19.2 Å². The zero-order chi connectivity index (χ0) is 28.1. The summed E-state index contributed by atoms with van der Waals surface area (Å²) in [6.07, 6.45) is 1.65. The van der Waals surface area contributed by atoms with Crippen molar-refractivity contribution in [2.75, 3.05) is 24.3 Å². The molecule has 1 heterocycles. The molecule has 9 nitrogen and oxygen atoms in total. The first-order chi connectivity index (χ1) is 19.4. The standard InChI is InChI=1S/C30H26N4O5S/c1-38-24-17-15-21(16-18-24)29-26(20-34(32-29)23-10-4-3-5-11-23)30(35)31-22-9-8-12-25(19-22)40(36,37)33-27-13-6-7-14-28(27)39-2/h3-20,33H,1-2H3,(H,31,35). The molecular weight excluding hydrogens is 528 g/mol. The molecule has 0 saturated carbocycles. The van der Waals surface area contributed by atoms with E-state index in [-0.39, 0.29) is 4.90 Å². The molecule has 0 fully saturated rings. The molecule has 0 aliphatic carbocycles. The number of benzene rings is 4. The van der Waals surface area contributed by atoms with Crippen LogP contribution in [0, 0.1) is 0 Å². The number of anilines is 2. The zero-order valence-corrected chi connectivity index (χ0v) is 22.6. The van der Waals surface area contributed by atoms with E-state index in [1.54, 1.807) is 66.5 Å². The quantitative estimate of drug-likeness (QED) is 0.245. The van der Waals surface area contributed by atoms with Crippen LogP contribution in [0.5, 0.6) is 11.5 Å². The Kier molecular flexibility index (Phi) is 7.52. The number of ether oxygens (including phenoxy) is 2. The van der Waals surface area contributed by atoms with E-state index in [4.69, 9.17) is 9.47 Å². The van der Waals surface area contributed by atoms with Gasteiger partial charge < -0.3 is 14.8 Å². The van der Waals surface area contributed by atoms with Crippen molar-refractivity contribution in [1.29, 1.82) is 0 Å². The monoisotopic (exact) mass is 554 g/mol. The Bertz CT molecular complexity index is 1750. The molecule has 0 unspecified atom stereocenters. The highest BCUT2D eigenvalue weighted by molar-refractivity contribution is 7.92. The molecule has 0 radical (unpaired) electrons. The van der Waals surface area contributed by atoms with E-state index in [0.717, 1.165) is 11.3 Å². The second-order valence-electron chi connectivity index (χ2n) is 8.69. The maximum absolute atomic E-state index is 13.5. The van der Waals surface area contributed by atoms with E-state index >= 15 is 0 Å². The summed E-state index contributed by atoms with van der Waals surface area (Å²) in [6.45, 7) is 0. The van der Waals surface area contributed by atoms with Gasteiger partial charge in [0.25, 0.3) is 15.9 Å². The largest absolute Gasteiger partial charge is 0.497 e. The van der Waals surface area contributed by atoms with Crippen molar-refractivity contribution >= 4 is 27.3 Å². The molecule has 0 atom stereocenters. The number of nitrogens with zero attached hydrogens (tertiary/aromatic N) is 2. The predicted octanol–water partition coefficient (Wildman–Crippen LogP) is 5.61. The van der Waals surface area contributed by atoms with Crippen LogP contribution in [-0.4, -0.2) is 38.3 Å². The van der Waals surface area contributed by atoms with E-state index in [2.05, 4.69) is 15.1 Å². The molecular formula is C30H26N4O5S. The number of carbonyl (C=O) groups is 1. The molecule has 0 spiro atoms. The molecule has 202 valence electrons. The first kappa shape index (κ1) is 26.5. The van der Waals surface area contributed by atoms with E-state index in [0.29, 0.717) is 34.1 Å². The molecule has 0 aliphatic heterocycles. The van der Waals surface area contributed by atoms with Crippen molar-refractivity contribution < 1.29 is 22.7 Å². The van der Waals surface area contributed by atoms with Gasteiger partial charge in [-0.2, -0.15) is 5.10 Å². The minimum Gasteiger partial charge on any atom is -0.497 e. The fourth-order valence-corrected chi connectivity index (χ4v) is 5.20. The van der Waals surface area contributed by atoms with Crippen LogP contribution >= 0.6 is 0 Å². The molecule has 40 heavy (non-hydrogen) atoms. The van der Waals surface area contributed by atoms with Gasteiger partial charge >= 0.3 is 0 Å². The van der Waals surface area contributed by atoms with Crippen molar-refractivity contribution in [2.45, 2.75) is 4.90 Å². The smallest absolute Gasteiger partial charge is 0.262 e. The Morgan fingerprint density at radius 3 is 2.27 bits per heavy atom. The van der Waals surface area contributed by atoms with Crippen LogP contribution in [0.1, 0.15) is 10.4 Å². The predicted molar refractivity (Wildman–Crippen MR) is 154 cm³/mol. The molecule has 1 aromatic heterocycles. The second kappa shape index (κ2) is 11.3. The summed E-state index contributed by atoms with van der Waals surface area (Å²) in [4.78, 5) is 13.5. The normalized spacial score (nSPS) is 11.1. The summed E-state index contributed by atoms with van der Waals surface area (Å²) in [6, 6.07) is 29.4. The second-order valence-corrected chi connectivity index (χ2v) is 10.4. The summed E-state index contributed by atoms with van der Waals surface area (Å²) in [5.41, 5.74) is 2.89. The molecule has 1 amide bonds. The van der Waals surface area contributed by atoms with Crippen LogP contribution in [0.4, 0.5) is 11.4 Å². The average Bonchev–Trinajstić information content (AvgIpc) is 3.44. The third kappa shape index (κ3) is 5.67. The van der Waals surface area contributed by atoms with Crippen molar-refractivity contribution in [3.8, 4) is 28.4 Å². The van der Waals surface area contributed by atoms with Crippen molar-refractivity contribution in [2.24, 2.45) is 0 Å². The summed E-state index contributed by atoms with van der Waals surface area (Å²) in [7, 11) is -0.925. The van der Waals surface area contributed by atoms with Gasteiger partial charge in [0, 0.05) is 17.4 Å².